The fourth-order valence-electron chi connectivity index (χ4n) is 4.15. The van der Waals surface area contributed by atoms with Crippen LogP contribution in [-0.2, 0) is 30.7 Å². The standard InChI is InChI=1S/C23H26N4O2.C5H13N/c28-23(27-29)8-6-16-1-3-18(4-2-16)14-24-11-9-17-5-7-19-20-10-12-25-15-22(20)26-21(19)13-17;1-3-4-5-6-2/h1-8,13,24-26,29H,9-12,14-15H2,(H,27,28);6H,3-5H2,1-2H3/b8-6+;. The van der Waals surface area contributed by atoms with E-state index in [9.17, 15) is 4.79 Å². The summed E-state index contributed by atoms with van der Waals surface area (Å²) in [6.45, 7) is 7.05. The average molecular weight is 478 g/mol. The molecule has 6 N–H and O–H groups in total. The highest BCUT2D eigenvalue weighted by atomic mass is 16.5. The van der Waals surface area contributed by atoms with Gasteiger partial charge in [-0.2, -0.15) is 0 Å². The van der Waals surface area contributed by atoms with Gasteiger partial charge in [-0.1, -0.05) is 49.7 Å². The fraction of sp³-hybridized carbons (Fsp3) is 0.393. The molecule has 7 heteroatoms. The van der Waals surface area contributed by atoms with Crippen LogP contribution in [-0.4, -0.2) is 42.8 Å². The number of nitrogens with one attached hydrogen (secondary N) is 5. The van der Waals surface area contributed by atoms with Crippen molar-refractivity contribution in [3.05, 3.63) is 76.5 Å². The molecule has 0 spiro atoms. The van der Waals surface area contributed by atoms with Crippen LogP contribution < -0.4 is 21.4 Å². The first-order chi connectivity index (χ1) is 17.1. The minimum absolute atomic E-state index is 0.537. The zero-order valence-corrected chi connectivity index (χ0v) is 20.9. The highest BCUT2D eigenvalue weighted by molar-refractivity contribution is 5.90. The number of rotatable bonds is 10. The molecule has 0 fully saturated rings. The van der Waals surface area contributed by atoms with Crippen molar-refractivity contribution in [1.82, 2.24) is 26.4 Å². The maximum atomic E-state index is 11.0. The zero-order valence-electron chi connectivity index (χ0n) is 20.9. The van der Waals surface area contributed by atoms with Gasteiger partial charge in [-0.05, 0) is 80.3 Å². The van der Waals surface area contributed by atoms with E-state index in [4.69, 9.17) is 5.21 Å². The molecule has 7 nitrogen and oxygen atoms in total. The van der Waals surface area contributed by atoms with E-state index in [1.54, 1.807) is 11.6 Å². The van der Waals surface area contributed by atoms with Crippen molar-refractivity contribution < 1.29 is 10.0 Å². The van der Waals surface area contributed by atoms with Gasteiger partial charge in [0.1, 0.15) is 0 Å². The summed E-state index contributed by atoms with van der Waals surface area (Å²) < 4.78 is 0. The molecule has 0 bridgehead atoms. The predicted octanol–water partition coefficient (Wildman–Crippen LogP) is 3.67. The van der Waals surface area contributed by atoms with Crippen molar-refractivity contribution in [2.24, 2.45) is 0 Å². The van der Waals surface area contributed by atoms with Crippen molar-refractivity contribution in [1.29, 1.82) is 0 Å². The number of hydrogen-bond donors (Lipinski definition) is 6. The molecule has 188 valence electrons. The second kappa shape index (κ2) is 14.4. The molecule has 0 unspecified atom stereocenters. The van der Waals surface area contributed by atoms with Crippen molar-refractivity contribution in [2.45, 2.75) is 45.7 Å². The number of H-pyrrole nitrogens is 1. The van der Waals surface area contributed by atoms with Gasteiger partial charge in [0, 0.05) is 35.8 Å². The third-order valence-corrected chi connectivity index (χ3v) is 6.13. The molecule has 2 heterocycles. The number of aromatic nitrogens is 1. The van der Waals surface area contributed by atoms with Crippen molar-refractivity contribution in [3.8, 4) is 0 Å². The molecule has 4 rings (SSSR count). The largest absolute Gasteiger partial charge is 0.357 e. The van der Waals surface area contributed by atoms with E-state index >= 15 is 0 Å². The van der Waals surface area contributed by atoms with Gasteiger partial charge in [-0.15, -0.1) is 0 Å². The Morgan fingerprint density at radius 2 is 1.91 bits per heavy atom. The number of aromatic amines is 1. The smallest absolute Gasteiger partial charge is 0.267 e. The Hall–Kier alpha value is -2.97. The number of carbonyl (C=O) groups is 1. The molecular weight excluding hydrogens is 438 g/mol. The van der Waals surface area contributed by atoms with Gasteiger partial charge >= 0.3 is 0 Å². The first-order valence-electron chi connectivity index (χ1n) is 12.5. The Kier molecular flexibility index (Phi) is 11.0. The van der Waals surface area contributed by atoms with E-state index in [1.165, 1.54) is 52.2 Å². The third kappa shape index (κ3) is 8.33. The van der Waals surface area contributed by atoms with Gasteiger partial charge in [0.2, 0.25) is 0 Å². The molecule has 0 radical (unpaired) electrons. The number of hydrogen-bond acceptors (Lipinski definition) is 5. The lowest BCUT2D eigenvalue weighted by Crippen LogP contribution is -2.22. The summed E-state index contributed by atoms with van der Waals surface area (Å²) in [5.74, 6) is -0.537. The van der Waals surface area contributed by atoms with E-state index in [2.05, 4.69) is 46.1 Å². The lowest BCUT2D eigenvalue weighted by molar-refractivity contribution is -0.124. The van der Waals surface area contributed by atoms with Gasteiger partial charge in [-0.25, -0.2) is 5.48 Å². The van der Waals surface area contributed by atoms with Gasteiger partial charge in [0.05, 0.1) is 0 Å². The highest BCUT2D eigenvalue weighted by Crippen LogP contribution is 2.26. The van der Waals surface area contributed by atoms with Crippen LogP contribution in [0.2, 0.25) is 0 Å². The van der Waals surface area contributed by atoms with Gasteiger partial charge < -0.3 is 20.9 Å². The molecule has 35 heavy (non-hydrogen) atoms. The van der Waals surface area contributed by atoms with Crippen LogP contribution in [0.15, 0.2) is 48.5 Å². The van der Waals surface area contributed by atoms with Crippen LogP contribution in [0, 0.1) is 0 Å². The Balaban J connectivity index is 0.000000509. The van der Waals surface area contributed by atoms with Crippen LogP contribution in [0.4, 0.5) is 0 Å². The fourth-order valence-corrected chi connectivity index (χ4v) is 4.15. The number of benzene rings is 2. The van der Waals surface area contributed by atoms with Crippen LogP contribution in [0.25, 0.3) is 17.0 Å². The Bertz CT molecular complexity index is 1080. The van der Waals surface area contributed by atoms with Gasteiger partial charge in [0.15, 0.2) is 0 Å². The third-order valence-electron chi connectivity index (χ3n) is 6.13. The van der Waals surface area contributed by atoms with Gasteiger partial charge in [0.25, 0.3) is 5.91 Å². The summed E-state index contributed by atoms with van der Waals surface area (Å²) in [7, 11) is 1.98. The molecule has 1 aliphatic rings. The molecule has 0 aliphatic carbocycles. The van der Waals surface area contributed by atoms with E-state index < -0.39 is 5.91 Å². The summed E-state index contributed by atoms with van der Waals surface area (Å²) in [6.07, 6.45) is 7.63. The average Bonchev–Trinajstić information content (AvgIpc) is 3.27. The lowest BCUT2D eigenvalue weighted by atomic mass is 10.0. The number of unbranched alkanes of at least 4 members (excludes halogenated alkanes) is 1. The molecular formula is C28H39N5O2. The van der Waals surface area contributed by atoms with E-state index in [-0.39, 0.29) is 0 Å². The molecule has 2 aromatic carbocycles. The van der Waals surface area contributed by atoms with Crippen LogP contribution >= 0.6 is 0 Å². The summed E-state index contributed by atoms with van der Waals surface area (Å²) in [4.78, 5) is 14.6. The Morgan fingerprint density at radius 1 is 1.11 bits per heavy atom. The first kappa shape index (κ1) is 26.6. The molecule has 1 aliphatic heterocycles. The monoisotopic (exact) mass is 477 g/mol. The quantitative estimate of drug-likeness (QED) is 0.116. The molecule has 0 atom stereocenters. The molecule has 0 saturated heterocycles. The van der Waals surface area contributed by atoms with E-state index in [0.29, 0.717) is 0 Å². The first-order valence-corrected chi connectivity index (χ1v) is 12.5. The molecule has 3 aromatic rings. The second-order valence-corrected chi connectivity index (χ2v) is 8.82. The Labute approximate surface area is 208 Å². The zero-order chi connectivity index (χ0) is 24.9. The minimum Gasteiger partial charge on any atom is -0.357 e. The summed E-state index contributed by atoms with van der Waals surface area (Å²) in [6, 6.07) is 14.7. The minimum atomic E-state index is -0.537. The number of fused-ring (bicyclic) bond motifs is 3. The maximum absolute atomic E-state index is 11.0. The number of carbonyl (C=O) groups excluding carboxylic acids is 1. The van der Waals surface area contributed by atoms with Crippen molar-refractivity contribution in [2.75, 3.05) is 26.7 Å². The lowest BCUT2D eigenvalue weighted by Gasteiger charge is -2.12. The van der Waals surface area contributed by atoms with Crippen molar-refractivity contribution >= 4 is 22.9 Å². The topological polar surface area (TPSA) is 101 Å². The van der Waals surface area contributed by atoms with E-state index in [1.807, 2.05) is 31.3 Å². The highest BCUT2D eigenvalue weighted by Gasteiger charge is 2.14. The summed E-state index contributed by atoms with van der Waals surface area (Å²) >= 11 is 0. The number of amides is 1. The summed E-state index contributed by atoms with van der Waals surface area (Å²) in [5.41, 5.74) is 9.06. The SMILES string of the molecule is CCCCNC.O=C(/C=C/c1ccc(CNCCc2ccc3c4c([nH]c3c2)CNCC4)cc1)NO. The molecule has 1 amide bonds. The number of hydroxylamine groups is 1. The maximum Gasteiger partial charge on any atom is 0.267 e. The van der Waals surface area contributed by atoms with Crippen molar-refractivity contribution in [3.63, 3.8) is 0 Å². The molecule has 0 saturated carbocycles. The predicted molar refractivity (Wildman–Crippen MR) is 143 cm³/mol. The van der Waals surface area contributed by atoms with Crippen LogP contribution in [0.5, 0.6) is 0 Å². The summed E-state index contributed by atoms with van der Waals surface area (Å²) in [5, 5.41) is 19.8. The van der Waals surface area contributed by atoms with E-state index in [0.717, 1.165) is 51.1 Å². The van der Waals surface area contributed by atoms with Gasteiger partial charge in [-0.3, -0.25) is 10.0 Å². The molecule has 1 aromatic heterocycles. The normalized spacial score (nSPS) is 12.9. The Morgan fingerprint density at radius 3 is 2.63 bits per heavy atom. The van der Waals surface area contributed by atoms with Crippen LogP contribution in [0.1, 0.15) is 47.7 Å². The van der Waals surface area contributed by atoms with Crippen LogP contribution in [0.3, 0.4) is 0 Å². The second-order valence-electron chi connectivity index (χ2n) is 8.82.